The molecule has 0 aliphatic carbocycles. The second kappa shape index (κ2) is 8.83. The third kappa shape index (κ3) is 4.15. The highest BCUT2D eigenvalue weighted by molar-refractivity contribution is 6.00. The van der Waals surface area contributed by atoms with E-state index >= 15 is 0 Å². The molecule has 0 bridgehead atoms. The topological polar surface area (TPSA) is 80.7 Å². The molecule has 7 heteroatoms. The monoisotopic (exact) mass is 422 g/mol. The number of carbonyl (C=O) groups is 1. The Morgan fingerprint density at radius 2 is 1.90 bits per heavy atom. The molecule has 1 amide bonds. The smallest absolute Gasteiger partial charge is 0.239 e. The van der Waals surface area contributed by atoms with Gasteiger partial charge in [-0.2, -0.15) is 0 Å². The number of nitrogens with zero attached hydrogens (tertiary/aromatic N) is 1. The Morgan fingerprint density at radius 3 is 2.48 bits per heavy atom. The quantitative estimate of drug-likeness (QED) is 0.607. The minimum Gasteiger partial charge on any atom is -0.478 e. The molecule has 0 radical (unpaired) electrons. The van der Waals surface area contributed by atoms with Crippen LogP contribution in [-0.2, 0) is 21.6 Å². The number of rotatable bonds is 7. The van der Waals surface area contributed by atoms with E-state index in [4.69, 9.17) is 9.47 Å². The zero-order valence-corrected chi connectivity index (χ0v) is 17.1. The van der Waals surface area contributed by atoms with Crippen LogP contribution in [0, 0.1) is 5.82 Å². The van der Waals surface area contributed by atoms with Gasteiger partial charge >= 0.3 is 0 Å². The van der Waals surface area contributed by atoms with E-state index in [9.17, 15) is 14.3 Å². The van der Waals surface area contributed by atoms with Crippen LogP contribution in [0.25, 0.3) is 11.1 Å². The summed E-state index contributed by atoms with van der Waals surface area (Å²) in [7, 11) is 0. The normalized spacial score (nSPS) is 14.5. The molecular formula is C24H23FN2O4. The van der Waals surface area contributed by atoms with Gasteiger partial charge in [0.15, 0.2) is 0 Å². The fraction of sp³-hybridized carbons (Fsp3) is 0.250. The molecule has 6 nitrogen and oxygen atoms in total. The number of aromatic nitrogens is 1. The van der Waals surface area contributed by atoms with Gasteiger partial charge in [0.05, 0.1) is 26.4 Å². The Labute approximate surface area is 179 Å². The number of halogens is 1. The lowest BCUT2D eigenvalue weighted by Crippen LogP contribution is -2.55. The van der Waals surface area contributed by atoms with E-state index in [0.29, 0.717) is 23.7 Å². The van der Waals surface area contributed by atoms with Gasteiger partial charge in [0.2, 0.25) is 11.8 Å². The maximum absolute atomic E-state index is 13.1. The lowest BCUT2D eigenvalue weighted by atomic mass is 9.77. The fourth-order valence-corrected chi connectivity index (χ4v) is 3.58. The van der Waals surface area contributed by atoms with Gasteiger partial charge in [-0.05, 0) is 47.9 Å². The zero-order chi connectivity index (χ0) is 21.8. The molecule has 2 aromatic carbocycles. The minimum atomic E-state index is -0.802. The predicted molar refractivity (Wildman–Crippen MR) is 114 cm³/mol. The van der Waals surface area contributed by atoms with Gasteiger partial charge in [-0.15, -0.1) is 0 Å². The predicted octanol–water partition coefficient (Wildman–Crippen LogP) is 3.69. The van der Waals surface area contributed by atoms with Crippen molar-refractivity contribution in [2.45, 2.75) is 18.9 Å². The number of aliphatic hydroxyl groups is 1. The first-order chi connectivity index (χ1) is 15.1. The van der Waals surface area contributed by atoms with Crippen LogP contribution in [0.4, 0.5) is 10.1 Å². The number of aliphatic hydroxyl groups excluding tert-OH is 1. The van der Waals surface area contributed by atoms with E-state index in [0.717, 1.165) is 16.7 Å². The Hall–Kier alpha value is -3.29. The van der Waals surface area contributed by atoms with Crippen molar-refractivity contribution in [3.63, 3.8) is 0 Å². The van der Waals surface area contributed by atoms with Crippen molar-refractivity contribution in [3.8, 4) is 17.0 Å². The SMILES string of the molecule is CCOc1cc(CO)c(-c2ccc(C3(C(=O)Nc4ccc(F)cc4)COC3)cc2)cn1. The number of benzene rings is 2. The first-order valence-corrected chi connectivity index (χ1v) is 10.0. The van der Waals surface area contributed by atoms with E-state index in [1.807, 2.05) is 31.2 Å². The molecule has 4 rings (SSSR count). The van der Waals surface area contributed by atoms with Crippen molar-refractivity contribution in [2.75, 3.05) is 25.1 Å². The largest absolute Gasteiger partial charge is 0.478 e. The maximum atomic E-state index is 13.1. The van der Waals surface area contributed by atoms with Crippen molar-refractivity contribution in [1.82, 2.24) is 4.98 Å². The third-order valence-corrected chi connectivity index (χ3v) is 5.41. The molecule has 0 unspecified atom stereocenters. The van der Waals surface area contributed by atoms with Crippen molar-refractivity contribution >= 4 is 11.6 Å². The average Bonchev–Trinajstić information content (AvgIpc) is 2.75. The van der Waals surface area contributed by atoms with Crippen LogP contribution >= 0.6 is 0 Å². The highest BCUT2D eigenvalue weighted by Gasteiger charge is 2.47. The standard InChI is InChI=1S/C24H23FN2O4/c1-2-31-22-11-17(13-28)21(12-26-22)16-3-5-18(6-4-16)24(14-30-15-24)23(29)27-20-9-7-19(25)8-10-20/h3-12,28H,2,13-15H2,1H3,(H,27,29). The van der Waals surface area contributed by atoms with Crippen LogP contribution in [-0.4, -0.2) is 35.8 Å². The first-order valence-electron chi connectivity index (χ1n) is 10.0. The summed E-state index contributed by atoms with van der Waals surface area (Å²) in [5.74, 6) is -0.0897. The van der Waals surface area contributed by atoms with Gasteiger partial charge in [-0.3, -0.25) is 4.79 Å². The number of amides is 1. The number of ether oxygens (including phenoxy) is 2. The molecule has 1 aliphatic heterocycles. The summed E-state index contributed by atoms with van der Waals surface area (Å²) in [4.78, 5) is 17.3. The van der Waals surface area contributed by atoms with Gasteiger partial charge < -0.3 is 19.9 Å². The summed E-state index contributed by atoms with van der Waals surface area (Å²) >= 11 is 0. The lowest BCUT2D eigenvalue weighted by molar-refractivity contribution is -0.139. The van der Waals surface area contributed by atoms with Crippen molar-refractivity contribution in [1.29, 1.82) is 0 Å². The van der Waals surface area contributed by atoms with Crippen molar-refractivity contribution in [3.05, 3.63) is 77.7 Å². The van der Waals surface area contributed by atoms with E-state index in [2.05, 4.69) is 10.3 Å². The summed E-state index contributed by atoms with van der Waals surface area (Å²) in [6.07, 6.45) is 1.68. The first kappa shape index (κ1) is 21.0. The van der Waals surface area contributed by atoms with Gasteiger partial charge in [-0.25, -0.2) is 9.37 Å². The second-order valence-corrected chi connectivity index (χ2v) is 7.38. The number of anilines is 1. The fourth-order valence-electron chi connectivity index (χ4n) is 3.58. The molecule has 0 spiro atoms. The van der Waals surface area contributed by atoms with Crippen molar-refractivity contribution < 1.29 is 23.8 Å². The van der Waals surface area contributed by atoms with Gasteiger partial charge in [0, 0.05) is 23.5 Å². The minimum absolute atomic E-state index is 0.141. The molecule has 3 aromatic rings. The van der Waals surface area contributed by atoms with E-state index in [-0.39, 0.29) is 31.5 Å². The average molecular weight is 422 g/mol. The van der Waals surface area contributed by atoms with Crippen LogP contribution in [0.5, 0.6) is 5.88 Å². The zero-order valence-electron chi connectivity index (χ0n) is 17.1. The highest BCUT2D eigenvalue weighted by Crippen LogP contribution is 2.35. The third-order valence-electron chi connectivity index (χ3n) is 5.41. The van der Waals surface area contributed by atoms with E-state index in [1.165, 1.54) is 24.3 Å². The van der Waals surface area contributed by atoms with Crippen LogP contribution in [0.3, 0.4) is 0 Å². The molecule has 31 heavy (non-hydrogen) atoms. The molecule has 1 saturated heterocycles. The Balaban J connectivity index is 1.58. The second-order valence-electron chi connectivity index (χ2n) is 7.38. The van der Waals surface area contributed by atoms with Crippen LogP contribution in [0.1, 0.15) is 18.1 Å². The number of hydrogen-bond acceptors (Lipinski definition) is 5. The molecule has 1 aliphatic rings. The summed E-state index contributed by atoms with van der Waals surface area (Å²) in [6.45, 7) is 2.77. The number of carbonyl (C=O) groups excluding carboxylic acids is 1. The van der Waals surface area contributed by atoms with Crippen LogP contribution in [0.15, 0.2) is 60.8 Å². The van der Waals surface area contributed by atoms with Gasteiger partial charge in [0.25, 0.3) is 0 Å². The van der Waals surface area contributed by atoms with Crippen LogP contribution in [0.2, 0.25) is 0 Å². The summed E-state index contributed by atoms with van der Waals surface area (Å²) < 4.78 is 23.9. The Kier molecular flexibility index (Phi) is 5.97. The maximum Gasteiger partial charge on any atom is 0.239 e. The Bertz CT molecular complexity index is 1060. The summed E-state index contributed by atoms with van der Waals surface area (Å²) in [5.41, 5.74) is 2.93. The number of pyridine rings is 1. The summed E-state index contributed by atoms with van der Waals surface area (Å²) in [5, 5.41) is 12.6. The van der Waals surface area contributed by atoms with Crippen molar-refractivity contribution in [2.24, 2.45) is 0 Å². The lowest BCUT2D eigenvalue weighted by Gasteiger charge is -2.40. The molecule has 2 heterocycles. The Morgan fingerprint density at radius 1 is 1.19 bits per heavy atom. The molecule has 1 fully saturated rings. The van der Waals surface area contributed by atoms with E-state index < -0.39 is 5.41 Å². The molecule has 2 N–H and O–H groups in total. The number of hydrogen-bond donors (Lipinski definition) is 2. The molecule has 0 saturated carbocycles. The molecule has 160 valence electrons. The van der Waals surface area contributed by atoms with Crippen LogP contribution < -0.4 is 10.1 Å². The summed E-state index contributed by atoms with van der Waals surface area (Å²) in [6, 6.07) is 15.0. The number of nitrogens with one attached hydrogen (secondary N) is 1. The molecule has 0 atom stereocenters. The molecule has 1 aromatic heterocycles. The highest BCUT2D eigenvalue weighted by atomic mass is 19.1. The van der Waals surface area contributed by atoms with E-state index in [1.54, 1.807) is 12.3 Å². The van der Waals surface area contributed by atoms with Gasteiger partial charge in [-0.1, -0.05) is 24.3 Å². The van der Waals surface area contributed by atoms with Gasteiger partial charge in [0.1, 0.15) is 11.2 Å². The molecular weight excluding hydrogens is 399 g/mol.